The van der Waals surface area contributed by atoms with E-state index in [9.17, 15) is 9.90 Å². The van der Waals surface area contributed by atoms with E-state index in [1.54, 1.807) is 29.2 Å². The van der Waals surface area contributed by atoms with Gasteiger partial charge in [0.25, 0.3) is 0 Å². The van der Waals surface area contributed by atoms with E-state index in [0.29, 0.717) is 17.9 Å². The number of hydrogen-bond donors (Lipinski definition) is 2. The molecular formula is C24H22ClN5O2. The maximum atomic E-state index is 12.0. The Hall–Kier alpha value is -3.68. The van der Waals surface area contributed by atoms with E-state index in [4.69, 9.17) is 16.7 Å². The molecule has 7 nitrogen and oxygen atoms in total. The van der Waals surface area contributed by atoms with Gasteiger partial charge in [-0.15, -0.1) is 0 Å². The molecule has 0 fully saturated rings. The van der Waals surface area contributed by atoms with E-state index in [2.05, 4.69) is 10.3 Å². The molecule has 2 heterocycles. The molecule has 1 amide bonds. The molecule has 0 saturated heterocycles. The second-order valence-corrected chi connectivity index (χ2v) is 7.98. The third-order valence-electron chi connectivity index (χ3n) is 4.80. The highest BCUT2D eigenvalue weighted by atomic mass is 35.5. The number of aromatic nitrogens is 3. The van der Waals surface area contributed by atoms with Crippen LogP contribution in [0.1, 0.15) is 0 Å². The molecule has 0 bridgehead atoms. The zero-order valence-corrected chi connectivity index (χ0v) is 18.4. The summed E-state index contributed by atoms with van der Waals surface area (Å²) < 4.78 is 1.77. The van der Waals surface area contributed by atoms with Crippen LogP contribution in [0.15, 0.2) is 73.2 Å². The van der Waals surface area contributed by atoms with Gasteiger partial charge in [0.1, 0.15) is 11.4 Å². The fraction of sp³-hybridized carbons (Fsp3) is 0.125. The average Bonchev–Trinajstić information content (AvgIpc) is 3.22. The standard InChI is InChI=1S/C24H22ClN5O2/c1-29(2)15-23(32)27-18-4-6-19(7-5-18)30-14-20(16-9-11-26-12-10-16)24(28-30)17-3-8-21(25)22(31)13-17/h3-14,31H,15H2,1-2H3,(H,27,32). The molecule has 8 heteroatoms. The minimum absolute atomic E-state index is 0.00258. The molecule has 0 aliphatic carbocycles. The summed E-state index contributed by atoms with van der Waals surface area (Å²) >= 11 is 5.99. The van der Waals surface area contributed by atoms with Crippen LogP contribution in [0.5, 0.6) is 5.75 Å². The molecule has 0 unspecified atom stereocenters. The quantitative estimate of drug-likeness (QED) is 0.456. The SMILES string of the molecule is CN(C)CC(=O)Nc1ccc(-n2cc(-c3ccncc3)c(-c3ccc(Cl)c(O)c3)n2)cc1. The zero-order valence-electron chi connectivity index (χ0n) is 17.7. The van der Waals surface area contributed by atoms with Crippen molar-refractivity contribution in [3.63, 3.8) is 0 Å². The average molecular weight is 448 g/mol. The monoisotopic (exact) mass is 447 g/mol. The Morgan fingerprint density at radius 3 is 2.44 bits per heavy atom. The lowest BCUT2D eigenvalue weighted by Crippen LogP contribution is -2.27. The highest BCUT2D eigenvalue weighted by Crippen LogP contribution is 2.35. The molecule has 2 aromatic heterocycles. The minimum atomic E-state index is -0.0772. The molecule has 0 atom stereocenters. The van der Waals surface area contributed by atoms with E-state index in [0.717, 1.165) is 22.4 Å². The highest BCUT2D eigenvalue weighted by molar-refractivity contribution is 6.32. The lowest BCUT2D eigenvalue weighted by Gasteiger charge is -2.10. The van der Waals surface area contributed by atoms with Crippen molar-refractivity contribution in [2.75, 3.05) is 26.0 Å². The molecule has 2 aromatic carbocycles. The van der Waals surface area contributed by atoms with Crippen molar-refractivity contribution in [2.45, 2.75) is 0 Å². The van der Waals surface area contributed by atoms with Crippen molar-refractivity contribution < 1.29 is 9.90 Å². The van der Waals surface area contributed by atoms with Gasteiger partial charge in [0.2, 0.25) is 5.91 Å². The first kappa shape index (κ1) is 21.5. The van der Waals surface area contributed by atoms with Crippen LogP contribution in [0.4, 0.5) is 5.69 Å². The van der Waals surface area contributed by atoms with Gasteiger partial charge < -0.3 is 15.3 Å². The Morgan fingerprint density at radius 2 is 1.78 bits per heavy atom. The Bertz CT molecular complexity index is 1240. The first-order valence-electron chi connectivity index (χ1n) is 9.94. The van der Waals surface area contributed by atoms with Gasteiger partial charge >= 0.3 is 0 Å². The molecule has 162 valence electrons. The van der Waals surface area contributed by atoms with Crippen molar-refractivity contribution in [1.82, 2.24) is 19.7 Å². The van der Waals surface area contributed by atoms with Crippen LogP contribution in [0.2, 0.25) is 5.02 Å². The third kappa shape index (κ3) is 4.80. The summed E-state index contributed by atoms with van der Waals surface area (Å²) in [5, 5.41) is 18.0. The summed E-state index contributed by atoms with van der Waals surface area (Å²) in [5.41, 5.74) is 4.82. The highest BCUT2D eigenvalue weighted by Gasteiger charge is 2.15. The number of rotatable bonds is 6. The first-order valence-corrected chi connectivity index (χ1v) is 10.3. The normalized spacial score (nSPS) is 11.0. The Labute approximate surface area is 190 Å². The number of amides is 1. The number of carbonyl (C=O) groups is 1. The summed E-state index contributed by atoms with van der Waals surface area (Å²) in [7, 11) is 3.69. The molecule has 2 N–H and O–H groups in total. The van der Waals surface area contributed by atoms with Crippen LogP contribution in [0.3, 0.4) is 0 Å². The molecule has 32 heavy (non-hydrogen) atoms. The Morgan fingerprint density at radius 1 is 1.06 bits per heavy atom. The third-order valence-corrected chi connectivity index (χ3v) is 5.12. The van der Waals surface area contributed by atoms with Crippen LogP contribution >= 0.6 is 11.6 Å². The van der Waals surface area contributed by atoms with E-state index >= 15 is 0 Å². The lowest BCUT2D eigenvalue weighted by atomic mass is 10.0. The first-order chi connectivity index (χ1) is 15.4. The number of phenolic OH excluding ortho intramolecular Hbond substituents is 1. The number of carbonyl (C=O) groups excluding carboxylic acids is 1. The molecule has 0 radical (unpaired) electrons. The number of likely N-dealkylation sites (N-methyl/N-ethyl adjacent to an activating group) is 1. The fourth-order valence-corrected chi connectivity index (χ4v) is 3.42. The summed E-state index contributed by atoms with van der Waals surface area (Å²) in [6.07, 6.45) is 5.37. The number of benzene rings is 2. The minimum Gasteiger partial charge on any atom is -0.506 e. The largest absolute Gasteiger partial charge is 0.506 e. The number of phenols is 1. The fourth-order valence-electron chi connectivity index (χ4n) is 3.31. The Kier molecular flexibility index (Phi) is 6.20. The van der Waals surface area contributed by atoms with Gasteiger partial charge in [0.05, 0.1) is 17.3 Å². The van der Waals surface area contributed by atoms with Crippen LogP contribution in [-0.4, -0.2) is 51.3 Å². The van der Waals surface area contributed by atoms with Crippen molar-refractivity contribution in [3.8, 4) is 33.8 Å². The van der Waals surface area contributed by atoms with E-state index in [-0.39, 0.29) is 16.7 Å². The van der Waals surface area contributed by atoms with Gasteiger partial charge in [-0.05, 0) is 68.2 Å². The molecule has 0 spiro atoms. The number of halogens is 1. The van der Waals surface area contributed by atoms with Crippen LogP contribution in [0, 0.1) is 0 Å². The molecule has 0 saturated carbocycles. The number of pyridine rings is 1. The van der Waals surface area contributed by atoms with E-state index in [1.165, 1.54) is 0 Å². The second-order valence-electron chi connectivity index (χ2n) is 7.57. The number of aromatic hydroxyl groups is 1. The summed E-state index contributed by atoms with van der Waals surface area (Å²) in [6, 6.07) is 16.3. The van der Waals surface area contributed by atoms with E-state index < -0.39 is 0 Å². The number of anilines is 1. The smallest absolute Gasteiger partial charge is 0.238 e. The van der Waals surface area contributed by atoms with E-state index in [1.807, 2.05) is 67.7 Å². The molecule has 4 aromatic rings. The summed E-state index contributed by atoms with van der Waals surface area (Å²) in [5.74, 6) is -0.0798. The molecule has 0 aliphatic rings. The molecular weight excluding hydrogens is 426 g/mol. The van der Waals surface area contributed by atoms with Gasteiger partial charge in [0, 0.05) is 35.4 Å². The van der Waals surface area contributed by atoms with Crippen molar-refractivity contribution in [2.24, 2.45) is 0 Å². The predicted octanol–water partition coefficient (Wildman–Crippen LogP) is 4.46. The van der Waals surface area contributed by atoms with Gasteiger partial charge in [0.15, 0.2) is 0 Å². The summed E-state index contributed by atoms with van der Waals surface area (Å²) in [6.45, 7) is 0.313. The van der Waals surface area contributed by atoms with Gasteiger partial charge in [-0.1, -0.05) is 17.7 Å². The van der Waals surface area contributed by atoms with Gasteiger partial charge in [-0.3, -0.25) is 9.78 Å². The topological polar surface area (TPSA) is 83.3 Å². The van der Waals surface area contributed by atoms with Crippen LogP contribution in [-0.2, 0) is 4.79 Å². The van der Waals surface area contributed by atoms with Gasteiger partial charge in [-0.2, -0.15) is 5.10 Å². The molecule has 0 aliphatic heterocycles. The number of nitrogens with zero attached hydrogens (tertiary/aromatic N) is 4. The Balaban J connectivity index is 1.70. The second kappa shape index (κ2) is 9.21. The number of hydrogen-bond acceptors (Lipinski definition) is 5. The van der Waals surface area contributed by atoms with Crippen molar-refractivity contribution in [1.29, 1.82) is 0 Å². The number of nitrogens with one attached hydrogen (secondary N) is 1. The molecule has 4 rings (SSSR count). The maximum Gasteiger partial charge on any atom is 0.238 e. The van der Waals surface area contributed by atoms with Gasteiger partial charge in [-0.25, -0.2) is 4.68 Å². The predicted molar refractivity (Wildman–Crippen MR) is 126 cm³/mol. The van der Waals surface area contributed by atoms with Crippen LogP contribution in [0.25, 0.3) is 28.1 Å². The van der Waals surface area contributed by atoms with Crippen LogP contribution < -0.4 is 5.32 Å². The van der Waals surface area contributed by atoms with Crippen molar-refractivity contribution >= 4 is 23.2 Å². The lowest BCUT2D eigenvalue weighted by molar-refractivity contribution is -0.116. The zero-order chi connectivity index (χ0) is 22.7. The van der Waals surface area contributed by atoms with Crippen molar-refractivity contribution in [3.05, 3.63) is 78.2 Å². The maximum absolute atomic E-state index is 12.0. The summed E-state index contributed by atoms with van der Waals surface area (Å²) in [4.78, 5) is 17.9.